The average molecular weight is 166 g/mol. The van der Waals surface area contributed by atoms with E-state index >= 15 is 0 Å². The first-order valence-electron chi connectivity index (χ1n) is 5.14. The van der Waals surface area contributed by atoms with Gasteiger partial charge in [0.1, 0.15) is 0 Å². The van der Waals surface area contributed by atoms with Crippen LogP contribution in [0.25, 0.3) is 0 Å². The van der Waals surface area contributed by atoms with Crippen LogP contribution in [0.5, 0.6) is 0 Å². The first-order chi connectivity index (χ1) is 5.85. The van der Waals surface area contributed by atoms with E-state index in [0.29, 0.717) is 0 Å². The Morgan fingerprint density at radius 3 is 2.42 bits per heavy atom. The maximum absolute atomic E-state index is 2.41. The summed E-state index contributed by atoms with van der Waals surface area (Å²) in [4.78, 5) is 0. The fraction of sp³-hybridized carbons (Fsp3) is 0.667. The Bertz CT molecular complexity index is 140. The van der Waals surface area contributed by atoms with E-state index in [0.717, 1.165) is 6.42 Å². The molecule has 0 aliphatic rings. The summed E-state index contributed by atoms with van der Waals surface area (Å²) < 4.78 is 0. The van der Waals surface area contributed by atoms with Gasteiger partial charge in [-0.05, 0) is 26.2 Å². The lowest BCUT2D eigenvalue weighted by Gasteiger charge is -2.01. The van der Waals surface area contributed by atoms with Crippen LogP contribution < -0.4 is 0 Å². The fourth-order valence-electron chi connectivity index (χ4n) is 1.23. The number of hydrogen-bond donors (Lipinski definition) is 0. The molecule has 0 unspecified atom stereocenters. The highest BCUT2D eigenvalue weighted by Gasteiger charge is 1.91. The van der Waals surface area contributed by atoms with Gasteiger partial charge in [0, 0.05) is 0 Å². The molecule has 0 aliphatic carbocycles. The van der Waals surface area contributed by atoms with Crippen molar-refractivity contribution in [2.24, 2.45) is 0 Å². The third kappa shape index (κ3) is 6.21. The Labute approximate surface area is 77.4 Å². The van der Waals surface area contributed by atoms with Crippen molar-refractivity contribution in [3.05, 3.63) is 23.8 Å². The third-order valence-corrected chi connectivity index (χ3v) is 1.91. The predicted octanol–water partition coefficient (Wildman–Crippen LogP) is 4.48. The van der Waals surface area contributed by atoms with Gasteiger partial charge in [-0.15, -0.1) is 0 Å². The van der Waals surface area contributed by atoms with E-state index in [2.05, 4.69) is 39.0 Å². The summed E-state index contributed by atoms with van der Waals surface area (Å²) in [5, 5.41) is 0. The van der Waals surface area contributed by atoms with E-state index in [9.17, 15) is 0 Å². The maximum Gasteiger partial charge on any atom is -0.0139 e. The van der Waals surface area contributed by atoms with Gasteiger partial charge in [0.15, 0.2) is 0 Å². The van der Waals surface area contributed by atoms with Crippen LogP contribution in [-0.4, -0.2) is 0 Å². The van der Waals surface area contributed by atoms with Crippen LogP contribution in [0.1, 0.15) is 52.9 Å². The molecule has 0 aromatic rings. The standard InChI is InChI=1S/C12H22/c1-4-7-10-12(9-6-3)11-8-5-2/h4,7,11H,5-6,8-10H2,1-3H3/b7-4+,12-11+. The molecule has 0 fully saturated rings. The molecule has 12 heavy (non-hydrogen) atoms. The van der Waals surface area contributed by atoms with Gasteiger partial charge in [-0.1, -0.05) is 50.5 Å². The molecule has 0 aromatic carbocycles. The molecule has 0 heteroatoms. The second kappa shape index (κ2) is 8.58. The summed E-state index contributed by atoms with van der Waals surface area (Å²) in [6.07, 6.45) is 13.0. The van der Waals surface area contributed by atoms with E-state index < -0.39 is 0 Å². The molecular weight excluding hydrogens is 144 g/mol. The predicted molar refractivity (Wildman–Crippen MR) is 57.3 cm³/mol. The second-order valence-electron chi connectivity index (χ2n) is 3.17. The van der Waals surface area contributed by atoms with E-state index in [1.54, 1.807) is 5.57 Å². The zero-order valence-corrected chi connectivity index (χ0v) is 8.77. The molecule has 70 valence electrons. The Balaban J connectivity index is 3.84. The van der Waals surface area contributed by atoms with Crippen molar-refractivity contribution < 1.29 is 0 Å². The minimum Gasteiger partial charge on any atom is -0.0913 e. The molecular formula is C12H22. The lowest BCUT2D eigenvalue weighted by molar-refractivity contribution is 0.853. The van der Waals surface area contributed by atoms with Crippen LogP contribution in [0.15, 0.2) is 23.8 Å². The zero-order valence-electron chi connectivity index (χ0n) is 8.77. The second-order valence-corrected chi connectivity index (χ2v) is 3.17. The van der Waals surface area contributed by atoms with Crippen LogP contribution >= 0.6 is 0 Å². The van der Waals surface area contributed by atoms with Crippen molar-refractivity contribution in [1.82, 2.24) is 0 Å². The van der Waals surface area contributed by atoms with Gasteiger partial charge < -0.3 is 0 Å². The van der Waals surface area contributed by atoms with E-state index in [4.69, 9.17) is 0 Å². The van der Waals surface area contributed by atoms with Crippen molar-refractivity contribution in [3.8, 4) is 0 Å². The monoisotopic (exact) mass is 166 g/mol. The van der Waals surface area contributed by atoms with Crippen LogP contribution in [0.3, 0.4) is 0 Å². The highest BCUT2D eigenvalue weighted by Crippen LogP contribution is 2.12. The molecule has 0 aromatic heterocycles. The number of hydrogen-bond acceptors (Lipinski definition) is 0. The molecule has 0 atom stereocenters. The average Bonchev–Trinajstić information content (AvgIpc) is 2.10. The van der Waals surface area contributed by atoms with Crippen molar-refractivity contribution in [2.75, 3.05) is 0 Å². The smallest absolute Gasteiger partial charge is 0.0139 e. The summed E-state index contributed by atoms with van der Waals surface area (Å²) in [6.45, 7) is 6.56. The normalized spacial score (nSPS) is 12.8. The Morgan fingerprint density at radius 1 is 1.17 bits per heavy atom. The molecule has 0 spiro atoms. The van der Waals surface area contributed by atoms with Gasteiger partial charge in [0.2, 0.25) is 0 Å². The van der Waals surface area contributed by atoms with E-state index in [-0.39, 0.29) is 0 Å². The first-order valence-corrected chi connectivity index (χ1v) is 5.14. The molecule has 0 bridgehead atoms. The number of unbranched alkanes of at least 4 members (excludes halogenated alkanes) is 1. The fourth-order valence-corrected chi connectivity index (χ4v) is 1.23. The molecule has 0 amide bonds. The van der Waals surface area contributed by atoms with Crippen LogP contribution in [-0.2, 0) is 0 Å². The molecule has 0 aliphatic heterocycles. The highest BCUT2D eigenvalue weighted by atomic mass is 14.0. The van der Waals surface area contributed by atoms with Gasteiger partial charge in [0.25, 0.3) is 0 Å². The zero-order chi connectivity index (χ0) is 9.23. The molecule has 0 saturated carbocycles. The van der Waals surface area contributed by atoms with Crippen molar-refractivity contribution in [1.29, 1.82) is 0 Å². The Kier molecular flexibility index (Phi) is 8.20. The van der Waals surface area contributed by atoms with Crippen LogP contribution in [0.2, 0.25) is 0 Å². The minimum atomic E-state index is 1.16. The summed E-state index contributed by atoms with van der Waals surface area (Å²) in [5.74, 6) is 0. The van der Waals surface area contributed by atoms with Crippen LogP contribution in [0.4, 0.5) is 0 Å². The summed E-state index contributed by atoms with van der Waals surface area (Å²) >= 11 is 0. The highest BCUT2D eigenvalue weighted by molar-refractivity contribution is 5.06. The Morgan fingerprint density at radius 2 is 1.92 bits per heavy atom. The SMILES string of the molecule is C/C=C/C/C(=C/CCC)CCC. The number of rotatable bonds is 6. The summed E-state index contributed by atoms with van der Waals surface area (Å²) in [7, 11) is 0. The molecule has 0 radical (unpaired) electrons. The van der Waals surface area contributed by atoms with Crippen LogP contribution in [0, 0.1) is 0 Å². The summed E-state index contributed by atoms with van der Waals surface area (Å²) in [6, 6.07) is 0. The van der Waals surface area contributed by atoms with E-state index in [1.807, 2.05) is 0 Å². The lowest BCUT2D eigenvalue weighted by atomic mass is 10.1. The van der Waals surface area contributed by atoms with Gasteiger partial charge >= 0.3 is 0 Å². The minimum absolute atomic E-state index is 1.16. The van der Waals surface area contributed by atoms with E-state index in [1.165, 1.54) is 25.7 Å². The van der Waals surface area contributed by atoms with Gasteiger partial charge in [-0.2, -0.15) is 0 Å². The molecule has 0 rings (SSSR count). The maximum atomic E-state index is 2.41. The topological polar surface area (TPSA) is 0 Å². The van der Waals surface area contributed by atoms with Gasteiger partial charge in [-0.3, -0.25) is 0 Å². The van der Waals surface area contributed by atoms with Gasteiger partial charge in [0.05, 0.1) is 0 Å². The molecule has 0 saturated heterocycles. The Hall–Kier alpha value is -0.520. The largest absolute Gasteiger partial charge is 0.0913 e. The quantitative estimate of drug-likeness (QED) is 0.510. The van der Waals surface area contributed by atoms with Crippen molar-refractivity contribution >= 4 is 0 Å². The first kappa shape index (κ1) is 11.5. The van der Waals surface area contributed by atoms with Crippen molar-refractivity contribution in [2.45, 2.75) is 52.9 Å². The third-order valence-electron chi connectivity index (χ3n) is 1.91. The van der Waals surface area contributed by atoms with Gasteiger partial charge in [-0.25, -0.2) is 0 Å². The number of allylic oxidation sites excluding steroid dienone is 4. The summed E-state index contributed by atoms with van der Waals surface area (Å²) in [5.41, 5.74) is 1.61. The molecule has 0 N–H and O–H groups in total. The molecule has 0 nitrogen and oxygen atoms in total. The van der Waals surface area contributed by atoms with Crippen molar-refractivity contribution in [3.63, 3.8) is 0 Å². The molecule has 0 heterocycles. The lowest BCUT2D eigenvalue weighted by Crippen LogP contribution is -1.81.